The molecule has 1 fully saturated rings. The zero-order valence-corrected chi connectivity index (χ0v) is 21.0. The lowest BCUT2D eigenvalue weighted by Crippen LogP contribution is -2.43. The first-order valence-electron chi connectivity index (χ1n) is 11.7. The fourth-order valence-electron chi connectivity index (χ4n) is 3.99. The summed E-state index contributed by atoms with van der Waals surface area (Å²) in [6, 6.07) is 10.6. The van der Waals surface area contributed by atoms with Crippen LogP contribution in [0.3, 0.4) is 0 Å². The monoisotopic (exact) mass is 581 g/mol. The third kappa shape index (κ3) is 9.19. The topological polar surface area (TPSA) is 127 Å². The Morgan fingerprint density at radius 1 is 1.00 bits per heavy atom. The summed E-state index contributed by atoms with van der Waals surface area (Å²) in [5.41, 5.74) is 3.22. The number of alkyl halides is 6. The molecule has 0 unspecified atom stereocenters. The van der Waals surface area contributed by atoms with Gasteiger partial charge in [0.15, 0.2) is 0 Å². The van der Waals surface area contributed by atoms with Gasteiger partial charge in [-0.05, 0) is 62.1 Å². The number of piperidine rings is 1. The summed E-state index contributed by atoms with van der Waals surface area (Å²) in [6.45, 7) is 4.62. The Balaban J connectivity index is 0.000000333. The molecule has 1 saturated heterocycles. The molecule has 1 aliphatic rings. The Labute approximate surface area is 223 Å². The number of hydrogen-bond acceptors (Lipinski definition) is 5. The summed E-state index contributed by atoms with van der Waals surface area (Å²) < 4.78 is 77.1. The highest BCUT2D eigenvalue weighted by Crippen LogP contribution is 2.32. The molecule has 0 bridgehead atoms. The number of hydrogen-bond donors (Lipinski definition) is 4. The number of pyridine rings is 1. The predicted molar refractivity (Wildman–Crippen MR) is 128 cm³/mol. The molecule has 4 N–H and O–H groups in total. The van der Waals surface area contributed by atoms with E-state index in [1.165, 1.54) is 11.6 Å². The average molecular weight is 581 g/mol. The molecule has 8 nitrogen and oxygen atoms in total. The number of H-pyrrole nitrogens is 1. The predicted octanol–water partition coefficient (Wildman–Crippen LogP) is 4.80. The van der Waals surface area contributed by atoms with Crippen molar-refractivity contribution in [3.63, 3.8) is 0 Å². The molecule has 1 aromatic carbocycles. The summed E-state index contributed by atoms with van der Waals surface area (Å²) in [5.74, 6) is -5.71. The third-order valence-electron chi connectivity index (χ3n) is 6.07. The number of aromatic nitrogens is 2. The Kier molecular flexibility index (Phi) is 10.6. The standard InChI is InChI=1S/C21H24FN3O.2C2HF3O2/c1-15-17(18-14-16(22)5-6-19(18)24-15)7-11-25-12-8-21(26,9-13-25)20-4-2-3-10-23-20;2*3-2(4,5)1(6)7/h2-6,10,14,24,26H,7-9,11-13H2,1H3;2*(H,6,7). The van der Waals surface area contributed by atoms with E-state index in [1.54, 1.807) is 18.3 Å². The number of carbonyl (C=O) groups is 2. The van der Waals surface area contributed by atoms with Gasteiger partial charge in [-0.2, -0.15) is 26.3 Å². The highest BCUT2D eigenvalue weighted by molar-refractivity contribution is 5.84. The molecule has 4 rings (SSSR count). The number of nitrogens with zero attached hydrogens (tertiary/aromatic N) is 2. The Bertz CT molecular complexity index is 1260. The maximum Gasteiger partial charge on any atom is 0.490 e. The van der Waals surface area contributed by atoms with Crippen LogP contribution in [-0.4, -0.2) is 74.1 Å². The summed E-state index contributed by atoms with van der Waals surface area (Å²) in [4.78, 5) is 27.8. The molecule has 220 valence electrons. The lowest BCUT2D eigenvalue weighted by Gasteiger charge is -2.37. The van der Waals surface area contributed by atoms with Gasteiger partial charge >= 0.3 is 24.3 Å². The number of benzene rings is 1. The highest BCUT2D eigenvalue weighted by Gasteiger charge is 2.39. The van der Waals surface area contributed by atoms with E-state index >= 15 is 0 Å². The maximum atomic E-state index is 13.6. The number of aliphatic hydroxyl groups is 1. The number of carboxylic acids is 2. The molecule has 0 spiro atoms. The molecule has 3 heterocycles. The minimum Gasteiger partial charge on any atom is -0.475 e. The van der Waals surface area contributed by atoms with Crippen molar-refractivity contribution < 1.29 is 55.6 Å². The molecule has 40 heavy (non-hydrogen) atoms. The average Bonchev–Trinajstić information content (AvgIpc) is 3.18. The lowest BCUT2D eigenvalue weighted by atomic mass is 9.87. The molecule has 1 aliphatic heterocycles. The van der Waals surface area contributed by atoms with Crippen LogP contribution in [0.2, 0.25) is 0 Å². The number of fused-ring (bicyclic) bond motifs is 1. The van der Waals surface area contributed by atoms with Gasteiger partial charge in [-0.3, -0.25) is 4.98 Å². The number of aliphatic carboxylic acids is 2. The molecular formula is C25H26F7N3O5. The molecular weight excluding hydrogens is 555 g/mol. The number of aromatic amines is 1. The largest absolute Gasteiger partial charge is 0.490 e. The Hall–Kier alpha value is -3.72. The van der Waals surface area contributed by atoms with Crippen molar-refractivity contribution in [3.05, 3.63) is 65.4 Å². The van der Waals surface area contributed by atoms with Crippen molar-refractivity contribution in [1.29, 1.82) is 0 Å². The van der Waals surface area contributed by atoms with Crippen LogP contribution >= 0.6 is 0 Å². The third-order valence-corrected chi connectivity index (χ3v) is 6.07. The zero-order chi connectivity index (χ0) is 30.3. The number of rotatable bonds is 4. The molecule has 2 aromatic heterocycles. The molecule has 0 aliphatic carbocycles. The SMILES string of the molecule is Cc1[nH]c2ccc(F)cc2c1CCN1CCC(O)(c2ccccn2)CC1.O=C(O)C(F)(F)F.O=C(O)C(F)(F)F. The quantitative estimate of drug-likeness (QED) is 0.326. The minimum atomic E-state index is -5.08. The van der Waals surface area contributed by atoms with Crippen LogP contribution in [0, 0.1) is 12.7 Å². The number of halogens is 7. The molecule has 0 atom stereocenters. The van der Waals surface area contributed by atoms with Crippen molar-refractivity contribution in [2.24, 2.45) is 0 Å². The van der Waals surface area contributed by atoms with Crippen LogP contribution in [0.1, 0.15) is 29.8 Å². The second kappa shape index (κ2) is 13.1. The fourth-order valence-corrected chi connectivity index (χ4v) is 3.99. The van der Waals surface area contributed by atoms with Crippen LogP contribution in [0.5, 0.6) is 0 Å². The lowest BCUT2D eigenvalue weighted by molar-refractivity contribution is -0.193. The zero-order valence-electron chi connectivity index (χ0n) is 21.0. The van der Waals surface area contributed by atoms with E-state index in [0.29, 0.717) is 12.8 Å². The summed E-state index contributed by atoms with van der Waals surface area (Å²) in [6.07, 6.45) is -6.19. The van der Waals surface area contributed by atoms with E-state index in [4.69, 9.17) is 19.8 Å². The van der Waals surface area contributed by atoms with E-state index < -0.39 is 29.9 Å². The van der Waals surface area contributed by atoms with Crippen molar-refractivity contribution >= 4 is 22.8 Å². The van der Waals surface area contributed by atoms with E-state index in [9.17, 15) is 35.8 Å². The van der Waals surface area contributed by atoms with Crippen molar-refractivity contribution in [2.45, 2.75) is 44.1 Å². The van der Waals surface area contributed by atoms with Gasteiger partial charge in [0.1, 0.15) is 11.4 Å². The summed E-state index contributed by atoms with van der Waals surface area (Å²) >= 11 is 0. The van der Waals surface area contributed by atoms with Gasteiger partial charge < -0.3 is 25.2 Å². The smallest absolute Gasteiger partial charge is 0.475 e. The summed E-state index contributed by atoms with van der Waals surface area (Å²) in [5, 5.41) is 26.1. The van der Waals surface area contributed by atoms with Gasteiger partial charge in [0.2, 0.25) is 0 Å². The highest BCUT2D eigenvalue weighted by atomic mass is 19.4. The van der Waals surface area contributed by atoms with Crippen LogP contribution in [0.25, 0.3) is 10.9 Å². The van der Waals surface area contributed by atoms with E-state index in [2.05, 4.69) is 14.9 Å². The first kappa shape index (κ1) is 32.5. The van der Waals surface area contributed by atoms with E-state index in [-0.39, 0.29) is 5.82 Å². The first-order chi connectivity index (χ1) is 18.4. The van der Waals surface area contributed by atoms with E-state index in [0.717, 1.165) is 48.3 Å². The minimum absolute atomic E-state index is 0.198. The second-order valence-electron chi connectivity index (χ2n) is 8.86. The van der Waals surface area contributed by atoms with Crippen molar-refractivity contribution in [2.75, 3.05) is 19.6 Å². The van der Waals surface area contributed by atoms with Gasteiger partial charge in [0.25, 0.3) is 0 Å². The van der Waals surface area contributed by atoms with Gasteiger partial charge in [0.05, 0.1) is 5.69 Å². The van der Waals surface area contributed by atoms with Crippen LogP contribution < -0.4 is 0 Å². The number of likely N-dealkylation sites (tertiary alicyclic amines) is 1. The van der Waals surface area contributed by atoms with Gasteiger partial charge in [-0.25, -0.2) is 14.0 Å². The fraction of sp³-hybridized carbons (Fsp3) is 0.400. The molecule has 0 saturated carbocycles. The maximum absolute atomic E-state index is 13.6. The number of nitrogens with one attached hydrogen (secondary N) is 1. The van der Waals surface area contributed by atoms with Gasteiger partial charge in [-0.1, -0.05) is 6.07 Å². The van der Waals surface area contributed by atoms with Crippen molar-refractivity contribution in [1.82, 2.24) is 14.9 Å². The van der Waals surface area contributed by atoms with Crippen LogP contribution in [0.15, 0.2) is 42.6 Å². The molecule has 15 heteroatoms. The van der Waals surface area contributed by atoms with Crippen LogP contribution in [-0.2, 0) is 21.6 Å². The molecule has 3 aromatic rings. The normalized spacial score (nSPS) is 15.4. The van der Waals surface area contributed by atoms with Crippen LogP contribution in [0.4, 0.5) is 30.7 Å². The number of carboxylic acid groups (broad SMARTS) is 2. The first-order valence-corrected chi connectivity index (χ1v) is 11.7. The number of aryl methyl sites for hydroxylation is 1. The Morgan fingerprint density at radius 3 is 2.02 bits per heavy atom. The van der Waals surface area contributed by atoms with Crippen molar-refractivity contribution in [3.8, 4) is 0 Å². The molecule has 0 radical (unpaired) electrons. The molecule has 0 amide bonds. The van der Waals surface area contributed by atoms with E-state index in [1.807, 2.05) is 25.1 Å². The van der Waals surface area contributed by atoms with Gasteiger partial charge in [0, 0.05) is 42.4 Å². The Morgan fingerprint density at radius 2 is 1.55 bits per heavy atom. The van der Waals surface area contributed by atoms with Gasteiger partial charge in [-0.15, -0.1) is 0 Å². The summed E-state index contributed by atoms with van der Waals surface area (Å²) in [7, 11) is 0. The second-order valence-corrected chi connectivity index (χ2v) is 8.86.